The molecule has 3 aromatic rings. The summed E-state index contributed by atoms with van der Waals surface area (Å²) in [4.78, 5) is 4.16. The van der Waals surface area contributed by atoms with Crippen molar-refractivity contribution in [2.45, 2.75) is 13.0 Å². The third kappa shape index (κ3) is 2.81. The predicted octanol–water partition coefficient (Wildman–Crippen LogP) is 3.53. The monoisotopic (exact) mass is 281 g/mol. The summed E-state index contributed by atoms with van der Waals surface area (Å²) in [5.74, 6) is 6.13. The SMILES string of the molecule is Clc1cccc2nn(CCC#Cc3ccccn3)cc12. The molecule has 1 aromatic carbocycles. The van der Waals surface area contributed by atoms with Gasteiger partial charge in [-0.15, -0.1) is 0 Å². The van der Waals surface area contributed by atoms with Crippen LogP contribution in [0.15, 0.2) is 48.8 Å². The van der Waals surface area contributed by atoms with Crippen molar-refractivity contribution >= 4 is 22.5 Å². The average Bonchev–Trinajstić information content (AvgIpc) is 2.89. The molecule has 0 unspecified atom stereocenters. The third-order valence-electron chi connectivity index (χ3n) is 2.89. The summed E-state index contributed by atoms with van der Waals surface area (Å²) in [7, 11) is 0. The van der Waals surface area contributed by atoms with E-state index in [9.17, 15) is 0 Å². The molecule has 0 aliphatic heterocycles. The van der Waals surface area contributed by atoms with E-state index in [-0.39, 0.29) is 0 Å². The molecule has 0 bridgehead atoms. The zero-order valence-corrected chi connectivity index (χ0v) is 11.5. The van der Waals surface area contributed by atoms with E-state index in [4.69, 9.17) is 11.6 Å². The van der Waals surface area contributed by atoms with E-state index >= 15 is 0 Å². The summed E-state index contributed by atoms with van der Waals surface area (Å²) in [6.45, 7) is 0.741. The van der Waals surface area contributed by atoms with E-state index in [1.807, 2.05) is 47.3 Å². The first-order chi connectivity index (χ1) is 9.83. The fraction of sp³-hybridized carbons (Fsp3) is 0.125. The van der Waals surface area contributed by atoms with Gasteiger partial charge in [0.25, 0.3) is 0 Å². The van der Waals surface area contributed by atoms with Crippen molar-refractivity contribution in [3.8, 4) is 11.8 Å². The molecule has 98 valence electrons. The van der Waals surface area contributed by atoms with Gasteiger partial charge in [-0.05, 0) is 30.2 Å². The Morgan fingerprint density at radius 3 is 2.90 bits per heavy atom. The first-order valence-electron chi connectivity index (χ1n) is 6.34. The van der Waals surface area contributed by atoms with E-state index in [0.29, 0.717) is 0 Å². The standard InChI is InChI=1S/C16H12ClN3/c17-15-8-5-9-16-14(15)12-20(19-16)11-4-2-7-13-6-1-3-10-18-13/h1,3,5-6,8-10,12H,4,11H2. The highest BCUT2D eigenvalue weighted by atomic mass is 35.5. The van der Waals surface area contributed by atoms with E-state index in [1.54, 1.807) is 6.20 Å². The van der Waals surface area contributed by atoms with Gasteiger partial charge < -0.3 is 0 Å². The maximum absolute atomic E-state index is 6.12. The average molecular weight is 282 g/mol. The molecule has 0 spiro atoms. The molecule has 20 heavy (non-hydrogen) atoms. The minimum Gasteiger partial charge on any atom is -0.271 e. The number of aryl methyl sites for hydroxylation is 1. The normalized spacial score (nSPS) is 10.2. The van der Waals surface area contributed by atoms with Gasteiger partial charge in [0.05, 0.1) is 17.1 Å². The lowest BCUT2D eigenvalue weighted by Crippen LogP contribution is -1.96. The van der Waals surface area contributed by atoms with Gasteiger partial charge in [-0.1, -0.05) is 29.7 Å². The van der Waals surface area contributed by atoms with E-state index in [0.717, 1.165) is 34.6 Å². The first-order valence-corrected chi connectivity index (χ1v) is 6.72. The quantitative estimate of drug-likeness (QED) is 0.673. The van der Waals surface area contributed by atoms with Crippen molar-refractivity contribution in [2.24, 2.45) is 0 Å². The molecule has 0 aliphatic carbocycles. The van der Waals surface area contributed by atoms with Gasteiger partial charge in [-0.3, -0.25) is 4.68 Å². The molecule has 0 atom stereocenters. The number of benzene rings is 1. The highest BCUT2D eigenvalue weighted by molar-refractivity contribution is 6.35. The topological polar surface area (TPSA) is 30.7 Å². The van der Waals surface area contributed by atoms with Gasteiger partial charge in [-0.2, -0.15) is 5.10 Å². The zero-order chi connectivity index (χ0) is 13.8. The Morgan fingerprint density at radius 1 is 1.15 bits per heavy atom. The van der Waals surface area contributed by atoms with E-state index in [2.05, 4.69) is 21.9 Å². The Morgan fingerprint density at radius 2 is 2.10 bits per heavy atom. The molecule has 3 rings (SSSR count). The number of pyridine rings is 1. The summed E-state index contributed by atoms with van der Waals surface area (Å²) >= 11 is 6.12. The van der Waals surface area contributed by atoms with Crippen LogP contribution < -0.4 is 0 Å². The second kappa shape index (κ2) is 5.77. The Balaban J connectivity index is 1.69. The summed E-state index contributed by atoms with van der Waals surface area (Å²) in [6.07, 6.45) is 4.43. The molecular formula is C16H12ClN3. The zero-order valence-electron chi connectivity index (χ0n) is 10.8. The van der Waals surface area contributed by atoms with Crippen molar-refractivity contribution in [3.05, 3.63) is 59.5 Å². The first kappa shape index (κ1) is 12.7. The van der Waals surface area contributed by atoms with Crippen LogP contribution in [0.1, 0.15) is 12.1 Å². The fourth-order valence-corrected chi connectivity index (χ4v) is 2.15. The van der Waals surface area contributed by atoms with Gasteiger partial charge in [0.1, 0.15) is 5.69 Å². The van der Waals surface area contributed by atoms with Crippen molar-refractivity contribution in [1.29, 1.82) is 0 Å². The predicted molar refractivity (Wildman–Crippen MR) is 80.5 cm³/mol. The number of nitrogens with zero attached hydrogens (tertiary/aromatic N) is 3. The van der Waals surface area contributed by atoms with Crippen molar-refractivity contribution in [2.75, 3.05) is 0 Å². The summed E-state index contributed by atoms with van der Waals surface area (Å²) < 4.78 is 1.88. The van der Waals surface area contributed by atoms with Gasteiger partial charge in [0, 0.05) is 24.2 Å². The van der Waals surface area contributed by atoms with Crippen LogP contribution in [0, 0.1) is 11.8 Å². The number of hydrogen-bond donors (Lipinski definition) is 0. The van der Waals surface area contributed by atoms with Crippen LogP contribution in [0.4, 0.5) is 0 Å². The Labute approximate surface area is 122 Å². The molecule has 0 N–H and O–H groups in total. The Hall–Kier alpha value is -2.31. The molecule has 2 aromatic heterocycles. The van der Waals surface area contributed by atoms with E-state index in [1.165, 1.54) is 0 Å². The molecule has 2 heterocycles. The molecule has 0 saturated heterocycles. The van der Waals surface area contributed by atoms with Crippen LogP contribution in [0.3, 0.4) is 0 Å². The molecule has 0 aliphatic rings. The van der Waals surface area contributed by atoms with E-state index < -0.39 is 0 Å². The number of rotatable bonds is 2. The highest BCUT2D eigenvalue weighted by Gasteiger charge is 2.02. The largest absolute Gasteiger partial charge is 0.271 e. The lowest BCUT2D eigenvalue weighted by atomic mass is 10.3. The summed E-state index contributed by atoms with van der Waals surface area (Å²) in [6, 6.07) is 11.4. The Bertz CT molecular complexity index is 782. The lowest BCUT2D eigenvalue weighted by molar-refractivity contribution is 0.637. The number of aromatic nitrogens is 3. The molecule has 4 heteroatoms. The highest BCUT2D eigenvalue weighted by Crippen LogP contribution is 2.21. The van der Waals surface area contributed by atoms with Crippen molar-refractivity contribution in [1.82, 2.24) is 14.8 Å². The lowest BCUT2D eigenvalue weighted by Gasteiger charge is -1.94. The van der Waals surface area contributed by atoms with Gasteiger partial charge in [0.15, 0.2) is 0 Å². The van der Waals surface area contributed by atoms with Crippen LogP contribution >= 0.6 is 11.6 Å². The van der Waals surface area contributed by atoms with Crippen LogP contribution in [0.25, 0.3) is 10.9 Å². The van der Waals surface area contributed by atoms with Crippen LogP contribution in [-0.4, -0.2) is 14.8 Å². The number of hydrogen-bond acceptors (Lipinski definition) is 2. The maximum Gasteiger partial charge on any atom is 0.113 e. The van der Waals surface area contributed by atoms with Crippen LogP contribution in [-0.2, 0) is 6.54 Å². The van der Waals surface area contributed by atoms with Crippen LogP contribution in [0.5, 0.6) is 0 Å². The number of fused-ring (bicyclic) bond motifs is 1. The second-order valence-corrected chi connectivity index (χ2v) is 4.74. The van der Waals surface area contributed by atoms with Gasteiger partial charge in [0.2, 0.25) is 0 Å². The second-order valence-electron chi connectivity index (χ2n) is 4.33. The third-order valence-corrected chi connectivity index (χ3v) is 3.22. The molecule has 3 nitrogen and oxygen atoms in total. The minimum absolute atomic E-state index is 0.724. The summed E-state index contributed by atoms with van der Waals surface area (Å²) in [5.41, 5.74) is 1.70. The fourth-order valence-electron chi connectivity index (χ4n) is 1.93. The molecule has 0 amide bonds. The summed E-state index contributed by atoms with van der Waals surface area (Å²) in [5, 5.41) is 6.18. The molecule has 0 fully saturated rings. The number of halogens is 1. The van der Waals surface area contributed by atoms with Crippen LogP contribution in [0.2, 0.25) is 5.02 Å². The van der Waals surface area contributed by atoms with Gasteiger partial charge >= 0.3 is 0 Å². The van der Waals surface area contributed by atoms with Crippen molar-refractivity contribution in [3.63, 3.8) is 0 Å². The van der Waals surface area contributed by atoms with Crippen molar-refractivity contribution < 1.29 is 0 Å². The maximum atomic E-state index is 6.12. The molecule has 0 radical (unpaired) electrons. The minimum atomic E-state index is 0.724. The van der Waals surface area contributed by atoms with Gasteiger partial charge in [-0.25, -0.2) is 4.98 Å². The molecule has 0 saturated carbocycles. The smallest absolute Gasteiger partial charge is 0.113 e. The Kier molecular flexibility index (Phi) is 3.67. The molecular weight excluding hydrogens is 270 g/mol.